The van der Waals surface area contributed by atoms with Crippen LogP contribution in [0.25, 0.3) is 11.1 Å². The zero-order valence-electron chi connectivity index (χ0n) is 9.33. The topological polar surface area (TPSA) is 93.3 Å². The highest BCUT2D eigenvalue weighted by molar-refractivity contribution is 5.91. The van der Waals surface area contributed by atoms with Crippen molar-refractivity contribution in [2.75, 3.05) is 5.73 Å². The summed E-state index contributed by atoms with van der Waals surface area (Å²) in [4.78, 5) is 25.4. The summed E-state index contributed by atoms with van der Waals surface area (Å²) >= 11 is 0. The summed E-state index contributed by atoms with van der Waals surface area (Å²) in [5.74, 6) is -1.03. The third kappa shape index (κ3) is 2.20. The molecule has 2 rings (SSSR count). The highest BCUT2D eigenvalue weighted by atomic mass is 16.4. The van der Waals surface area contributed by atoms with E-state index in [9.17, 15) is 9.59 Å². The van der Waals surface area contributed by atoms with Crippen LogP contribution in [0.1, 0.15) is 20.7 Å². The minimum atomic E-state index is -1.03. The zero-order valence-corrected chi connectivity index (χ0v) is 9.33. The van der Waals surface area contributed by atoms with Crippen LogP contribution >= 0.6 is 0 Å². The van der Waals surface area contributed by atoms with Crippen LogP contribution in [0.3, 0.4) is 0 Å². The molecular formula is C13H10N2O3. The number of carbonyl (C=O) groups excluding carboxylic acids is 1. The molecule has 0 aliphatic carbocycles. The predicted molar refractivity (Wildman–Crippen MR) is 66.4 cm³/mol. The zero-order chi connectivity index (χ0) is 13.1. The van der Waals surface area contributed by atoms with Crippen LogP contribution in [0.5, 0.6) is 0 Å². The number of carboxylic acids is 1. The molecule has 90 valence electrons. The Morgan fingerprint density at radius 1 is 1.28 bits per heavy atom. The largest absolute Gasteiger partial charge is 0.478 e. The fourth-order valence-electron chi connectivity index (χ4n) is 1.63. The Morgan fingerprint density at radius 2 is 2.06 bits per heavy atom. The smallest absolute Gasteiger partial charge is 0.335 e. The Balaban J connectivity index is 2.50. The standard InChI is InChI=1S/C13H10N2O3/c14-12-4-9(13(17)18)1-2-11(12)10-3-8(7-16)5-15-6-10/h1-7H,14H2,(H,17,18). The van der Waals surface area contributed by atoms with Gasteiger partial charge < -0.3 is 10.8 Å². The number of aromatic carboxylic acids is 1. The number of carboxylic acid groups (broad SMARTS) is 1. The van der Waals surface area contributed by atoms with Crippen molar-refractivity contribution in [3.05, 3.63) is 47.8 Å². The third-order valence-corrected chi connectivity index (χ3v) is 2.51. The maximum atomic E-state index is 10.8. The molecule has 5 heteroatoms. The fourth-order valence-corrected chi connectivity index (χ4v) is 1.63. The molecule has 0 amide bonds. The van der Waals surface area contributed by atoms with Crippen molar-refractivity contribution < 1.29 is 14.7 Å². The first-order chi connectivity index (χ1) is 8.61. The van der Waals surface area contributed by atoms with E-state index in [-0.39, 0.29) is 5.56 Å². The monoisotopic (exact) mass is 242 g/mol. The van der Waals surface area contributed by atoms with Crippen LogP contribution in [-0.2, 0) is 0 Å². The summed E-state index contributed by atoms with van der Waals surface area (Å²) in [6.45, 7) is 0. The van der Waals surface area contributed by atoms with Gasteiger partial charge in [-0.05, 0) is 18.2 Å². The van der Waals surface area contributed by atoms with E-state index < -0.39 is 5.97 Å². The molecule has 0 saturated carbocycles. The van der Waals surface area contributed by atoms with E-state index in [0.29, 0.717) is 28.7 Å². The number of hydrogen-bond donors (Lipinski definition) is 2. The number of rotatable bonds is 3. The van der Waals surface area contributed by atoms with Crippen LogP contribution < -0.4 is 5.73 Å². The average Bonchev–Trinajstić information content (AvgIpc) is 2.38. The van der Waals surface area contributed by atoms with Gasteiger partial charge in [0.1, 0.15) is 0 Å². The van der Waals surface area contributed by atoms with Crippen LogP contribution in [-0.4, -0.2) is 22.3 Å². The van der Waals surface area contributed by atoms with Gasteiger partial charge in [-0.3, -0.25) is 9.78 Å². The van der Waals surface area contributed by atoms with Crippen molar-refractivity contribution >= 4 is 17.9 Å². The van der Waals surface area contributed by atoms with Crippen LogP contribution in [0, 0.1) is 0 Å². The molecule has 1 heterocycles. The van der Waals surface area contributed by atoms with Gasteiger partial charge in [0, 0.05) is 34.8 Å². The number of aromatic nitrogens is 1. The van der Waals surface area contributed by atoms with E-state index in [0.717, 1.165) is 0 Å². The van der Waals surface area contributed by atoms with Gasteiger partial charge in [-0.1, -0.05) is 6.07 Å². The van der Waals surface area contributed by atoms with E-state index >= 15 is 0 Å². The lowest BCUT2D eigenvalue weighted by Gasteiger charge is -2.06. The molecule has 18 heavy (non-hydrogen) atoms. The second kappa shape index (κ2) is 4.67. The van der Waals surface area contributed by atoms with Gasteiger partial charge in [-0.15, -0.1) is 0 Å². The lowest BCUT2D eigenvalue weighted by atomic mass is 10.0. The molecule has 2 aromatic rings. The molecule has 0 aliphatic heterocycles. The van der Waals surface area contributed by atoms with Crippen LogP contribution in [0.2, 0.25) is 0 Å². The highest BCUT2D eigenvalue weighted by Gasteiger charge is 2.08. The van der Waals surface area contributed by atoms with Gasteiger partial charge in [0.05, 0.1) is 5.56 Å². The number of nitrogens with zero attached hydrogens (tertiary/aromatic N) is 1. The molecule has 0 spiro atoms. The summed E-state index contributed by atoms with van der Waals surface area (Å²) in [5.41, 5.74) is 8.02. The molecule has 0 atom stereocenters. The van der Waals surface area contributed by atoms with Gasteiger partial charge in [0.15, 0.2) is 6.29 Å². The lowest BCUT2D eigenvalue weighted by Crippen LogP contribution is -1.99. The summed E-state index contributed by atoms with van der Waals surface area (Å²) in [6.07, 6.45) is 3.70. The quantitative estimate of drug-likeness (QED) is 0.632. The van der Waals surface area contributed by atoms with E-state index in [1.165, 1.54) is 18.3 Å². The molecular weight excluding hydrogens is 232 g/mol. The van der Waals surface area contributed by atoms with Crippen molar-refractivity contribution in [1.82, 2.24) is 4.98 Å². The summed E-state index contributed by atoms with van der Waals surface area (Å²) in [6, 6.07) is 6.09. The number of aldehydes is 1. The Bertz CT molecular complexity index is 623. The molecule has 0 aliphatic rings. The summed E-state index contributed by atoms with van der Waals surface area (Å²) < 4.78 is 0. The fraction of sp³-hybridized carbons (Fsp3) is 0. The van der Waals surface area contributed by atoms with Gasteiger partial charge in [-0.2, -0.15) is 0 Å². The number of nitrogens with two attached hydrogens (primary N) is 1. The molecule has 0 saturated heterocycles. The van der Waals surface area contributed by atoms with Gasteiger partial charge in [0.2, 0.25) is 0 Å². The van der Waals surface area contributed by atoms with Crippen molar-refractivity contribution in [2.24, 2.45) is 0 Å². The maximum absolute atomic E-state index is 10.8. The van der Waals surface area contributed by atoms with Crippen molar-refractivity contribution in [1.29, 1.82) is 0 Å². The SMILES string of the molecule is Nc1cc(C(=O)O)ccc1-c1cncc(C=O)c1. The van der Waals surface area contributed by atoms with Crippen molar-refractivity contribution in [2.45, 2.75) is 0 Å². The molecule has 1 aromatic heterocycles. The number of benzene rings is 1. The maximum Gasteiger partial charge on any atom is 0.335 e. The Morgan fingerprint density at radius 3 is 2.67 bits per heavy atom. The number of anilines is 1. The highest BCUT2D eigenvalue weighted by Crippen LogP contribution is 2.26. The van der Waals surface area contributed by atoms with Crippen LogP contribution in [0.4, 0.5) is 5.69 Å². The second-order valence-corrected chi connectivity index (χ2v) is 3.73. The number of nitrogen functional groups attached to an aromatic ring is 1. The first-order valence-electron chi connectivity index (χ1n) is 5.15. The summed E-state index contributed by atoms with van der Waals surface area (Å²) in [7, 11) is 0. The normalized spacial score (nSPS) is 10.0. The van der Waals surface area contributed by atoms with E-state index in [1.54, 1.807) is 18.3 Å². The lowest BCUT2D eigenvalue weighted by molar-refractivity contribution is 0.0697. The Kier molecular flexibility index (Phi) is 3.05. The minimum absolute atomic E-state index is 0.121. The number of pyridine rings is 1. The van der Waals surface area contributed by atoms with Gasteiger partial charge in [0.25, 0.3) is 0 Å². The van der Waals surface area contributed by atoms with Gasteiger partial charge in [-0.25, -0.2) is 4.79 Å². The second-order valence-electron chi connectivity index (χ2n) is 3.73. The van der Waals surface area contributed by atoms with E-state index in [1.807, 2.05) is 0 Å². The number of hydrogen-bond acceptors (Lipinski definition) is 4. The van der Waals surface area contributed by atoms with Crippen LogP contribution in [0.15, 0.2) is 36.7 Å². The van der Waals surface area contributed by atoms with Crippen molar-refractivity contribution in [3.63, 3.8) is 0 Å². The molecule has 0 bridgehead atoms. The first-order valence-corrected chi connectivity index (χ1v) is 5.15. The molecule has 0 unspecified atom stereocenters. The molecule has 0 fully saturated rings. The Hall–Kier alpha value is -2.69. The van der Waals surface area contributed by atoms with Crippen molar-refractivity contribution in [3.8, 4) is 11.1 Å². The molecule has 0 radical (unpaired) electrons. The third-order valence-electron chi connectivity index (χ3n) is 2.51. The summed E-state index contributed by atoms with van der Waals surface area (Å²) in [5, 5.41) is 8.84. The Labute approximate surface area is 103 Å². The predicted octanol–water partition coefficient (Wildman–Crippen LogP) is 1.84. The molecule has 3 N–H and O–H groups in total. The van der Waals surface area contributed by atoms with Gasteiger partial charge >= 0.3 is 5.97 Å². The number of carbonyl (C=O) groups is 2. The van der Waals surface area contributed by atoms with E-state index in [4.69, 9.17) is 10.8 Å². The molecule has 1 aromatic carbocycles. The van der Waals surface area contributed by atoms with E-state index in [2.05, 4.69) is 4.98 Å². The first kappa shape index (κ1) is 11.8. The minimum Gasteiger partial charge on any atom is -0.478 e. The average molecular weight is 242 g/mol. The molecule has 5 nitrogen and oxygen atoms in total.